The molecule has 0 aliphatic heterocycles. The minimum atomic E-state index is 0.271. The summed E-state index contributed by atoms with van der Waals surface area (Å²) in [6.07, 6.45) is 8.68. The van der Waals surface area contributed by atoms with Crippen LogP contribution in [0.5, 0.6) is 5.75 Å². The van der Waals surface area contributed by atoms with E-state index in [-0.39, 0.29) is 6.61 Å². The van der Waals surface area contributed by atoms with Crippen molar-refractivity contribution in [3.8, 4) is 5.75 Å². The number of benzene rings is 2. The van der Waals surface area contributed by atoms with E-state index in [2.05, 4.69) is 54.6 Å². The molecule has 0 fully saturated rings. The highest BCUT2D eigenvalue weighted by atomic mass is 16.5. The zero-order valence-corrected chi connectivity index (χ0v) is 14.2. The van der Waals surface area contributed by atoms with Crippen LogP contribution in [0.2, 0.25) is 0 Å². The van der Waals surface area contributed by atoms with Crippen LogP contribution >= 0.6 is 0 Å². The first-order chi connectivity index (χ1) is 11.9. The molecular weight excluding hydrogens is 296 g/mol. The van der Waals surface area contributed by atoms with Gasteiger partial charge in [0.1, 0.15) is 5.75 Å². The average molecular weight is 322 g/mol. The summed E-state index contributed by atoms with van der Waals surface area (Å²) in [5, 5.41) is 8.77. The summed E-state index contributed by atoms with van der Waals surface area (Å²) in [6, 6.07) is 17.2. The Labute approximate surface area is 144 Å². The lowest BCUT2D eigenvalue weighted by Gasteiger charge is -2.09. The van der Waals surface area contributed by atoms with Crippen LogP contribution in [0.15, 0.2) is 48.5 Å². The molecule has 1 aliphatic carbocycles. The molecule has 0 bridgehead atoms. The van der Waals surface area contributed by atoms with E-state index in [1.54, 1.807) is 0 Å². The molecule has 0 spiro atoms. The van der Waals surface area contributed by atoms with E-state index in [0.717, 1.165) is 44.5 Å². The van der Waals surface area contributed by atoms with Crippen LogP contribution in [0.4, 0.5) is 0 Å². The van der Waals surface area contributed by atoms with Gasteiger partial charge in [0.2, 0.25) is 0 Å². The Morgan fingerprint density at radius 3 is 2.54 bits per heavy atom. The highest BCUT2D eigenvalue weighted by Crippen LogP contribution is 2.30. The number of aryl methyl sites for hydroxylation is 1. The predicted octanol–water partition coefficient (Wildman–Crippen LogP) is 5.10. The Morgan fingerprint density at radius 1 is 0.875 bits per heavy atom. The third-order valence-corrected chi connectivity index (χ3v) is 4.57. The normalized spacial score (nSPS) is 13.8. The molecule has 0 saturated heterocycles. The van der Waals surface area contributed by atoms with E-state index in [1.807, 2.05) is 0 Å². The summed E-state index contributed by atoms with van der Waals surface area (Å²) >= 11 is 0. The Morgan fingerprint density at radius 2 is 1.71 bits per heavy atom. The number of hydrogen-bond acceptors (Lipinski definition) is 2. The van der Waals surface area contributed by atoms with Crippen molar-refractivity contribution in [3.63, 3.8) is 0 Å². The lowest BCUT2D eigenvalue weighted by atomic mass is 10.0. The predicted molar refractivity (Wildman–Crippen MR) is 100 cm³/mol. The summed E-state index contributed by atoms with van der Waals surface area (Å²) in [4.78, 5) is 0. The third-order valence-electron chi connectivity index (χ3n) is 4.57. The van der Waals surface area contributed by atoms with Gasteiger partial charge in [0, 0.05) is 6.61 Å². The zero-order chi connectivity index (χ0) is 16.6. The second-order valence-electron chi connectivity index (χ2n) is 6.38. The molecule has 0 aromatic heterocycles. The maximum Gasteiger partial charge on any atom is 0.119 e. The average Bonchev–Trinajstić information content (AvgIpc) is 2.84. The van der Waals surface area contributed by atoms with Gasteiger partial charge in [-0.2, -0.15) is 0 Å². The first-order valence-corrected chi connectivity index (χ1v) is 8.99. The largest absolute Gasteiger partial charge is 0.494 e. The molecule has 2 aromatic carbocycles. The van der Waals surface area contributed by atoms with Gasteiger partial charge in [-0.25, -0.2) is 0 Å². The van der Waals surface area contributed by atoms with E-state index < -0.39 is 0 Å². The zero-order valence-electron chi connectivity index (χ0n) is 14.2. The first kappa shape index (κ1) is 16.8. The van der Waals surface area contributed by atoms with Crippen LogP contribution in [0.3, 0.4) is 0 Å². The molecule has 126 valence electrons. The fourth-order valence-electron chi connectivity index (χ4n) is 3.21. The maximum absolute atomic E-state index is 8.77. The minimum Gasteiger partial charge on any atom is -0.494 e. The number of allylic oxidation sites excluding steroid dienone is 1. The molecule has 0 atom stereocenters. The van der Waals surface area contributed by atoms with Crippen LogP contribution < -0.4 is 4.74 Å². The van der Waals surface area contributed by atoms with Crippen molar-refractivity contribution in [1.29, 1.82) is 0 Å². The summed E-state index contributed by atoms with van der Waals surface area (Å²) in [6.45, 7) is 0.988. The number of rotatable bonds is 7. The molecule has 2 aromatic rings. The van der Waals surface area contributed by atoms with Crippen molar-refractivity contribution in [3.05, 3.63) is 65.2 Å². The van der Waals surface area contributed by atoms with Crippen molar-refractivity contribution in [2.45, 2.75) is 38.5 Å². The third kappa shape index (κ3) is 4.48. The minimum absolute atomic E-state index is 0.271. The Hall–Kier alpha value is -2.06. The Balaban J connectivity index is 1.64. The monoisotopic (exact) mass is 322 g/mol. The Kier molecular flexibility index (Phi) is 6.08. The molecular formula is C22H26O2. The summed E-state index contributed by atoms with van der Waals surface area (Å²) in [5.74, 6) is 0.928. The van der Waals surface area contributed by atoms with E-state index in [0.29, 0.717) is 0 Å². The number of unbranched alkanes of at least 4 members (excludes halogenated alkanes) is 2. The van der Waals surface area contributed by atoms with Crippen LogP contribution in [0, 0.1) is 0 Å². The highest BCUT2D eigenvalue weighted by Gasteiger charge is 2.10. The second-order valence-corrected chi connectivity index (χ2v) is 6.38. The lowest BCUT2D eigenvalue weighted by Crippen LogP contribution is -1.98. The molecule has 0 radical (unpaired) electrons. The summed E-state index contributed by atoms with van der Waals surface area (Å²) < 4.78 is 5.77. The van der Waals surface area contributed by atoms with Gasteiger partial charge in [-0.3, -0.25) is 0 Å². The molecule has 2 heteroatoms. The summed E-state index contributed by atoms with van der Waals surface area (Å²) in [5.41, 5.74) is 5.51. The van der Waals surface area contributed by atoms with Gasteiger partial charge in [-0.15, -0.1) is 0 Å². The Bertz CT molecular complexity index is 671. The number of hydrogen-bond donors (Lipinski definition) is 1. The van der Waals surface area contributed by atoms with E-state index in [1.165, 1.54) is 28.7 Å². The molecule has 0 heterocycles. The number of aliphatic hydroxyl groups is 1. The van der Waals surface area contributed by atoms with Crippen molar-refractivity contribution >= 4 is 11.6 Å². The van der Waals surface area contributed by atoms with Crippen molar-refractivity contribution < 1.29 is 9.84 Å². The molecule has 0 amide bonds. The van der Waals surface area contributed by atoms with E-state index in [9.17, 15) is 0 Å². The molecule has 24 heavy (non-hydrogen) atoms. The quantitative estimate of drug-likeness (QED) is 0.718. The second kappa shape index (κ2) is 8.70. The SMILES string of the molecule is OCCCCCOc1ccc(C2=Cc3ccccc3CCC2)cc1. The van der Waals surface area contributed by atoms with E-state index >= 15 is 0 Å². The molecule has 2 nitrogen and oxygen atoms in total. The highest BCUT2D eigenvalue weighted by molar-refractivity contribution is 5.83. The molecule has 1 aliphatic rings. The number of fused-ring (bicyclic) bond motifs is 1. The van der Waals surface area contributed by atoms with Crippen LogP contribution in [0.25, 0.3) is 11.6 Å². The smallest absolute Gasteiger partial charge is 0.119 e. The topological polar surface area (TPSA) is 29.5 Å². The lowest BCUT2D eigenvalue weighted by molar-refractivity contribution is 0.266. The maximum atomic E-state index is 8.77. The fraction of sp³-hybridized carbons (Fsp3) is 0.364. The van der Waals surface area contributed by atoms with Crippen LogP contribution in [-0.4, -0.2) is 18.3 Å². The van der Waals surface area contributed by atoms with Gasteiger partial charge in [0.05, 0.1) is 6.61 Å². The van der Waals surface area contributed by atoms with Crippen molar-refractivity contribution in [1.82, 2.24) is 0 Å². The first-order valence-electron chi connectivity index (χ1n) is 8.99. The van der Waals surface area contributed by atoms with Gasteiger partial charge in [-0.1, -0.05) is 42.5 Å². The van der Waals surface area contributed by atoms with Gasteiger partial charge < -0.3 is 9.84 Å². The van der Waals surface area contributed by atoms with Gasteiger partial charge in [0.15, 0.2) is 0 Å². The molecule has 1 N–H and O–H groups in total. The summed E-state index contributed by atoms with van der Waals surface area (Å²) in [7, 11) is 0. The van der Waals surface area contributed by atoms with E-state index in [4.69, 9.17) is 9.84 Å². The van der Waals surface area contributed by atoms with Crippen molar-refractivity contribution in [2.24, 2.45) is 0 Å². The van der Waals surface area contributed by atoms with Crippen LogP contribution in [0.1, 0.15) is 48.8 Å². The molecule has 0 saturated carbocycles. The number of aliphatic hydroxyl groups excluding tert-OH is 1. The molecule has 3 rings (SSSR count). The molecule has 0 unspecified atom stereocenters. The fourth-order valence-corrected chi connectivity index (χ4v) is 3.21. The van der Waals surface area contributed by atoms with Crippen molar-refractivity contribution in [2.75, 3.05) is 13.2 Å². The van der Waals surface area contributed by atoms with Gasteiger partial charge in [-0.05, 0) is 72.9 Å². The van der Waals surface area contributed by atoms with Crippen LogP contribution in [-0.2, 0) is 6.42 Å². The van der Waals surface area contributed by atoms with Gasteiger partial charge in [0.25, 0.3) is 0 Å². The van der Waals surface area contributed by atoms with Gasteiger partial charge >= 0.3 is 0 Å². The number of ether oxygens (including phenoxy) is 1. The standard InChI is InChI=1S/C22H26O2/c23-15-4-1-5-16-24-22-13-11-19(12-14-22)21-10-6-9-18-7-2-3-8-20(18)17-21/h2-3,7-8,11-14,17,23H,1,4-6,9-10,15-16H2.